The van der Waals surface area contributed by atoms with Gasteiger partial charge in [0.25, 0.3) is 0 Å². The van der Waals surface area contributed by atoms with Gasteiger partial charge in [-0.1, -0.05) is 94.0 Å². The van der Waals surface area contributed by atoms with Crippen LogP contribution in [0.15, 0.2) is 96.8 Å². The number of allylic oxidation sites excluding steroid dienone is 8. The number of benzene rings is 2. The highest BCUT2D eigenvalue weighted by Crippen LogP contribution is 2.47. The Morgan fingerprint density at radius 3 is 2.15 bits per heavy atom. The highest BCUT2D eigenvalue weighted by molar-refractivity contribution is 6.03. The summed E-state index contributed by atoms with van der Waals surface area (Å²) in [6, 6.07) is 17.8. The minimum Gasteiger partial charge on any atom is -0.344 e. The van der Waals surface area contributed by atoms with Gasteiger partial charge in [0, 0.05) is 41.1 Å². The summed E-state index contributed by atoms with van der Waals surface area (Å²) in [5.41, 5.74) is 8.32. The van der Waals surface area contributed by atoms with Crippen LogP contribution in [0.5, 0.6) is 0 Å². The van der Waals surface area contributed by atoms with Gasteiger partial charge in [0.05, 0.1) is 39.5 Å². The van der Waals surface area contributed by atoms with E-state index in [1.54, 1.807) is 0 Å². The molecule has 0 radical (unpaired) electrons. The van der Waals surface area contributed by atoms with Crippen molar-refractivity contribution in [2.45, 2.75) is 64.7 Å². The van der Waals surface area contributed by atoms with Crippen LogP contribution in [-0.4, -0.2) is 55.5 Å². The van der Waals surface area contributed by atoms with E-state index in [-0.39, 0.29) is 10.8 Å². The molecule has 3 nitrogen and oxygen atoms in total. The number of para-hydroxylation sites is 2. The fraction of sp³-hybridized carbons (Fsp3) is 0.432. The molecular formula is C37H51N3+2. The first kappa shape index (κ1) is 29.8. The van der Waals surface area contributed by atoms with E-state index in [1.165, 1.54) is 46.8 Å². The highest BCUT2D eigenvalue weighted by Gasteiger charge is 2.44. The molecule has 0 atom stereocenters. The number of hydrogen-bond donors (Lipinski definition) is 0. The third-order valence-electron chi connectivity index (χ3n) is 8.50. The lowest BCUT2D eigenvalue weighted by atomic mass is 9.81. The van der Waals surface area contributed by atoms with E-state index in [0.717, 1.165) is 30.5 Å². The van der Waals surface area contributed by atoms with E-state index in [1.807, 2.05) is 0 Å². The molecular weight excluding hydrogens is 486 g/mol. The summed E-state index contributed by atoms with van der Waals surface area (Å²) >= 11 is 0. The normalized spacial score (nSPS) is 19.1. The lowest BCUT2D eigenvalue weighted by Gasteiger charge is -2.27. The Balaban J connectivity index is 1.51. The van der Waals surface area contributed by atoms with Crippen molar-refractivity contribution in [2.75, 3.05) is 45.7 Å². The van der Waals surface area contributed by atoms with Crippen LogP contribution in [0.25, 0.3) is 0 Å². The maximum absolute atomic E-state index is 2.54. The second-order valence-electron chi connectivity index (χ2n) is 13.4. The lowest BCUT2D eigenvalue weighted by Crippen LogP contribution is -2.36. The predicted molar refractivity (Wildman–Crippen MR) is 174 cm³/mol. The molecule has 0 spiro atoms. The largest absolute Gasteiger partial charge is 0.344 e. The smallest absolute Gasteiger partial charge is 0.209 e. The van der Waals surface area contributed by atoms with Gasteiger partial charge in [0.15, 0.2) is 12.3 Å². The summed E-state index contributed by atoms with van der Waals surface area (Å²) in [5.74, 6) is 0. The fourth-order valence-electron chi connectivity index (χ4n) is 6.27. The van der Waals surface area contributed by atoms with Crippen molar-refractivity contribution in [3.63, 3.8) is 0 Å². The number of nitrogens with zero attached hydrogens (tertiary/aromatic N) is 3. The summed E-state index contributed by atoms with van der Waals surface area (Å²) < 4.78 is 3.54. The number of quaternary nitrogens is 1. The van der Waals surface area contributed by atoms with E-state index >= 15 is 0 Å². The van der Waals surface area contributed by atoms with Crippen LogP contribution in [0, 0.1) is 0 Å². The molecule has 0 unspecified atom stereocenters. The molecule has 0 aliphatic carbocycles. The molecule has 2 heterocycles. The van der Waals surface area contributed by atoms with Gasteiger partial charge >= 0.3 is 0 Å². The Kier molecular flexibility index (Phi) is 9.05. The van der Waals surface area contributed by atoms with Crippen molar-refractivity contribution >= 4 is 17.1 Å². The number of rotatable bonds is 11. The molecule has 4 rings (SSSR count). The molecule has 0 saturated carbocycles. The van der Waals surface area contributed by atoms with Crippen molar-refractivity contribution in [1.29, 1.82) is 0 Å². The molecule has 0 saturated heterocycles. The Bertz CT molecular complexity index is 1340. The number of fused-ring (bicyclic) bond motifs is 2. The number of hydrogen-bond acceptors (Lipinski definition) is 1. The third kappa shape index (κ3) is 6.25. The topological polar surface area (TPSA) is 6.25 Å². The zero-order chi connectivity index (χ0) is 29.0. The van der Waals surface area contributed by atoms with Crippen LogP contribution >= 0.6 is 0 Å². The van der Waals surface area contributed by atoms with E-state index in [0.29, 0.717) is 0 Å². The fourth-order valence-corrected chi connectivity index (χ4v) is 6.27. The van der Waals surface area contributed by atoms with Crippen LogP contribution in [-0.2, 0) is 10.8 Å². The van der Waals surface area contributed by atoms with Crippen molar-refractivity contribution in [2.24, 2.45) is 0 Å². The Labute approximate surface area is 244 Å². The van der Waals surface area contributed by atoms with Crippen LogP contribution < -0.4 is 4.90 Å². The molecule has 2 aliphatic rings. The molecule has 212 valence electrons. The molecule has 0 bridgehead atoms. The van der Waals surface area contributed by atoms with E-state index in [2.05, 4.69) is 156 Å². The molecule has 40 heavy (non-hydrogen) atoms. The van der Waals surface area contributed by atoms with Crippen molar-refractivity contribution in [3.05, 3.63) is 108 Å². The molecule has 2 aromatic carbocycles. The van der Waals surface area contributed by atoms with Crippen LogP contribution in [0.4, 0.5) is 11.4 Å². The molecule has 3 heteroatoms. The maximum atomic E-state index is 2.54. The number of anilines is 1. The SMILES string of the molecule is CCCCN1/C(=C/C=C/C=C/C=C/C2=[N+](CCC[N+](C)(C)C)c3ccccc3C2(C)C)C(C)(C)c2ccccc21. The van der Waals surface area contributed by atoms with Crippen LogP contribution in [0.2, 0.25) is 0 Å². The minimum atomic E-state index is -0.0111. The Hall–Kier alpha value is -3.17. The first-order valence-electron chi connectivity index (χ1n) is 15.1. The zero-order valence-corrected chi connectivity index (χ0v) is 26.2. The highest BCUT2D eigenvalue weighted by atomic mass is 15.3. The van der Waals surface area contributed by atoms with Gasteiger partial charge in [-0.05, 0) is 38.0 Å². The van der Waals surface area contributed by atoms with Crippen molar-refractivity contribution in [3.8, 4) is 0 Å². The average molecular weight is 538 g/mol. The quantitative estimate of drug-likeness (QED) is 0.159. The average Bonchev–Trinajstić information content (AvgIpc) is 3.25. The summed E-state index contributed by atoms with van der Waals surface area (Å²) in [6.45, 7) is 14.9. The van der Waals surface area contributed by atoms with Gasteiger partial charge in [-0.25, -0.2) is 0 Å². The Morgan fingerprint density at radius 2 is 1.43 bits per heavy atom. The predicted octanol–water partition coefficient (Wildman–Crippen LogP) is 8.31. The standard InChI is InChI=1S/C37H51N3/c1-9-10-27-38-32-23-18-16-21-30(32)36(2,3)34(38)25-14-12-11-13-15-26-35-37(4,5)31-22-17-19-24-33(31)39(35)28-20-29-40(6,7)8/h11-19,21-26H,9-10,20,27-29H2,1-8H3/q+2. The van der Waals surface area contributed by atoms with Gasteiger partial charge in [0.2, 0.25) is 5.69 Å². The van der Waals surface area contributed by atoms with Gasteiger partial charge in [-0.3, -0.25) is 0 Å². The monoisotopic (exact) mass is 537 g/mol. The molecule has 0 aromatic heterocycles. The molecule has 2 aromatic rings. The van der Waals surface area contributed by atoms with E-state index < -0.39 is 0 Å². The first-order chi connectivity index (χ1) is 19.0. The van der Waals surface area contributed by atoms with Crippen molar-refractivity contribution in [1.82, 2.24) is 0 Å². The second kappa shape index (κ2) is 12.1. The summed E-state index contributed by atoms with van der Waals surface area (Å²) in [6.07, 6.45) is 19.1. The van der Waals surface area contributed by atoms with Gasteiger partial charge in [0.1, 0.15) is 0 Å². The summed E-state index contributed by atoms with van der Waals surface area (Å²) in [4.78, 5) is 2.52. The lowest BCUT2D eigenvalue weighted by molar-refractivity contribution is -0.871. The van der Waals surface area contributed by atoms with E-state index in [4.69, 9.17) is 0 Å². The van der Waals surface area contributed by atoms with Crippen LogP contribution in [0.3, 0.4) is 0 Å². The Morgan fingerprint density at radius 1 is 0.775 bits per heavy atom. The molecule has 0 fully saturated rings. The second-order valence-corrected chi connectivity index (χ2v) is 13.4. The third-order valence-corrected chi connectivity index (χ3v) is 8.50. The summed E-state index contributed by atoms with van der Waals surface area (Å²) in [5, 5.41) is 0. The van der Waals surface area contributed by atoms with Gasteiger partial charge < -0.3 is 9.38 Å². The van der Waals surface area contributed by atoms with E-state index in [9.17, 15) is 0 Å². The van der Waals surface area contributed by atoms with Gasteiger partial charge in [-0.15, -0.1) is 0 Å². The minimum absolute atomic E-state index is 0.00726. The maximum Gasteiger partial charge on any atom is 0.209 e. The zero-order valence-electron chi connectivity index (χ0n) is 26.2. The van der Waals surface area contributed by atoms with Crippen molar-refractivity contribution < 1.29 is 9.06 Å². The molecule has 0 N–H and O–H groups in total. The molecule has 0 amide bonds. The first-order valence-corrected chi connectivity index (χ1v) is 15.1. The van der Waals surface area contributed by atoms with Crippen LogP contribution in [0.1, 0.15) is 65.0 Å². The summed E-state index contributed by atoms with van der Waals surface area (Å²) in [7, 11) is 6.82. The number of unbranched alkanes of at least 4 members (excludes halogenated alkanes) is 1. The van der Waals surface area contributed by atoms with Gasteiger partial charge in [-0.2, -0.15) is 4.58 Å². The molecule has 2 aliphatic heterocycles.